The van der Waals surface area contributed by atoms with Crippen molar-refractivity contribution in [2.45, 2.75) is 6.42 Å². The number of carboxylic acids is 1. The maximum Gasteiger partial charge on any atom is 0.341 e. The number of carboxylic acid groups (broad SMARTS) is 1. The molecule has 0 radical (unpaired) electrons. The van der Waals surface area contributed by atoms with Crippen molar-refractivity contribution in [3.05, 3.63) is 64.7 Å². The summed E-state index contributed by atoms with van der Waals surface area (Å²) in [6.07, 6.45) is 1.80. The monoisotopic (exact) mass is 403 g/mol. The number of nitrogens with one attached hydrogen (secondary N) is 2. The number of rotatable bonds is 8. The first kappa shape index (κ1) is 20.9. The van der Waals surface area contributed by atoms with E-state index in [0.29, 0.717) is 23.6 Å². The summed E-state index contributed by atoms with van der Waals surface area (Å²) in [5.74, 6) is -2.67. The number of amides is 2. The van der Waals surface area contributed by atoms with Gasteiger partial charge in [0, 0.05) is 17.1 Å². The molecule has 0 saturated heterocycles. The molecule has 2 amide bonds. The van der Waals surface area contributed by atoms with Crippen molar-refractivity contribution in [2.24, 2.45) is 5.10 Å². The first-order chi connectivity index (χ1) is 13.5. The Labute approximate surface area is 166 Å². The van der Waals surface area contributed by atoms with Gasteiger partial charge in [-0.1, -0.05) is 41.9 Å². The third-order valence-electron chi connectivity index (χ3n) is 3.44. The quantitative estimate of drug-likeness (QED) is 0.351. The van der Waals surface area contributed by atoms with Crippen molar-refractivity contribution >= 4 is 35.6 Å². The molecular weight excluding hydrogens is 386 g/mol. The number of aliphatic carboxylic acids is 1. The highest BCUT2D eigenvalue weighted by atomic mass is 35.5. The SMILES string of the molecule is O=C(O)COc1ccc(Cl)cc1/C=N\NC(=O)C(=O)NCCc1ccccc1. The summed E-state index contributed by atoms with van der Waals surface area (Å²) >= 11 is 5.89. The van der Waals surface area contributed by atoms with E-state index < -0.39 is 24.4 Å². The zero-order chi connectivity index (χ0) is 20.4. The van der Waals surface area contributed by atoms with E-state index >= 15 is 0 Å². The number of hydrogen-bond acceptors (Lipinski definition) is 5. The topological polar surface area (TPSA) is 117 Å². The Kier molecular flexibility index (Phi) is 7.98. The second kappa shape index (κ2) is 10.7. The van der Waals surface area contributed by atoms with Crippen molar-refractivity contribution < 1.29 is 24.2 Å². The molecule has 8 nitrogen and oxygen atoms in total. The number of carbonyl (C=O) groups excluding carboxylic acids is 2. The molecule has 0 unspecified atom stereocenters. The Morgan fingerprint density at radius 1 is 1.11 bits per heavy atom. The summed E-state index contributed by atoms with van der Waals surface area (Å²) in [5, 5.41) is 15.2. The molecule has 2 aromatic carbocycles. The van der Waals surface area contributed by atoms with Crippen molar-refractivity contribution in [1.29, 1.82) is 0 Å². The highest BCUT2D eigenvalue weighted by molar-refractivity contribution is 6.35. The highest BCUT2D eigenvalue weighted by Crippen LogP contribution is 2.21. The lowest BCUT2D eigenvalue weighted by Gasteiger charge is -2.07. The molecule has 0 bridgehead atoms. The van der Waals surface area contributed by atoms with Crippen LogP contribution in [-0.4, -0.2) is 42.3 Å². The lowest BCUT2D eigenvalue weighted by molar-refractivity contribution is -0.139. The number of halogens is 1. The van der Waals surface area contributed by atoms with E-state index in [-0.39, 0.29) is 5.75 Å². The van der Waals surface area contributed by atoms with Gasteiger partial charge in [-0.2, -0.15) is 5.10 Å². The maximum atomic E-state index is 11.8. The molecule has 28 heavy (non-hydrogen) atoms. The number of carbonyl (C=O) groups is 3. The summed E-state index contributed by atoms with van der Waals surface area (Å²) in [5.41, 5.74) is 3.48. The molecule has 0 aliphatic heterocycles. The first-order valence-corrected chi connectivity index (χ1v) is 8.63. The van der Waals surface area contributed by atoms with Crippen LogP contribution in [0.25, 0.3) is 0 Å². The Morgan fingerprint density at radius 2 is 1.86 bits per heavy atom. The normalized spacial score (nSPS) is 10.5. The van der Waals surface area contributed by atoms with Crippen LogP contribution < -0.4 is 15.5 Å². The zero-order valence-corrected chi connectivity index (χ0v) is 15.5. The van der Waals surface area contributed by atoms with Crippen LogP contribution in [0.4, 0.5) is 0 Å². The molecule has 0 heterocycles. The van der Waals surface area contributed by atoms with E-state index in [4.69, 9.17) is 21.4 Å². The molecule has 9 heteroatoms. The fourth-order valence-corrected chi connectivity index (χ4v) is 2.33. The third-order valence-corrected chi connectivity index (χ3v) is 3.68. The molecule has 3 N–H and O–H groups in total. The van der Waals surface area contributed by atoms with Crippen LogP contribution in [0, 0.1) is 0 Å². The van der Waals surface area contributed by atoms with E-state index in [1.807, 2.05) is 30.3 Å². The van der Waals surface area contributed by atoms with Crippen molar-refractivity contribution in [3.63, 3.8) is 0 Å². The lowest BCUT2D eigenvalue weighted by Crippen LogP contribution is -2.38. The number of nitrogens with zero attached hydrogens (tertiary/aromatic N) is 1. The van der Waals surface area contributed by atoms with Crippen LogP contribution in [0.15, 0.2) is 53.6 Å². The van der Waals surface area contributed by atoms with E-state index in [1.54, 1.807) is 0 Å². The smallest absolute Gasteiger partial charge is 0.341 e. The summed E-state index contributed by atoms with van der Waals surface area (Å²) in [7, 11) is 0. The fraction of sp³-hybridized carbons (Fsp3) is 0.158. The van der Waals surface area contributed by atoms with Gasteiger partial charge >= 0.3 is 17.8 Å². The lowest BCUT2D eigenvalue weighted by atomic mass is 10.1. The maximum absolute atomic E-state index is 11.8. The minimum atomic E-state index is -1.14. The van der Waals surface area contributed by atoms with Crippen LogP contribution in [0.3, 0.4) is 0 Å². The Hall–Kier alpha value is -3.39. The average molecular weight is 404 g/mol. The van der Waals surface area contributed by atoms with E-state index in [0.717, 1.165) is 5.56 Å². The van der Waals surface area contributed by atoms with Crippen molar-refractivity contribution in [2.75, 3.05) is 13.2 Å². The molecule has 0 saturated carbocycles. The molecular formula is C19H18ClN3O5. The van der Waals surface area contributed by atoms with Gasteiger partial charge in [0.1, 0.15) is 5.75 Å². The van der Waals surface area contributed by atoms with Crippen LogP contribution in [0.1, 0.15) is 11.1 Å². The van der Waals surface area contributed by atoms with Gasteiger partial charge in [-0.15, -0.1) is 0 Å². The van der Waals surface area contributed by atoms with Crippen molar-refractivity contribution in [3.8, 4) is 5.75 Å². The molecule has 2 rings (SSSR count). The van der Waals surface area contributed by atoms with E-state index in [2.05, 4.69) is 15.8 Å². The summed E-state index contributed by atoms with van der Waals surface area (Å²) in [6.45, 7) is -0.236. The fourth-order valence-electron chi connectivity index (χ4n) is 2.15. The van der Waals surface area contributed by atoms with E-state index in [1.165, 1.54) is 24.4 Å². The number of hydrazone groups is 1. The third kappa shape index (κ3) is 7.08. The van der Waals surface area contributed by atoms with Gasteiger partial charge < -0.3 is 15.2 Å². The van der Waals surface area contributed by atoms with Gasteiger partial charge in [0.05, 0.1) is 6.21 Å². The Bertz CT molecular complexity index is 871. The predicted octanol–water partition coefficient (Wildman–Crippen LogP) is 1.61. The zero-order valence-electron chi connectivity index (χ0n) is 14.7. The molecule has 0 aromatic heterocycles. The van der Waals surface area contributed by atoms with Gasteiger partial charge in [-0.3, -0.25) is 9.59 Å². The van der Waals surface area contributed by atoms with Gasteiger partial charge in [0.25, 0.3) is 0 Å². The number of ether oxygens (including phenoxy) is 1. The predicted molar refractivity (Wildman–Crippen MR) is 103 cm³/mol. The van der Waals surface area contributed by atoms with Gasteiger partial charge in [0.15, 0.2) is 6.61 Å². The Balaban J connectivity index is 1.85. The van der Waals surface area contributed by atoms with E-state index in [9.17, 15) is 14.4 Å². The Morgan fingerprint density at radius 3 is 2.57 bits per heavy atom. The van der Waals surface area contributed by atoms with Gasteiger partial charge in [-0.05, 0) is 30.2 Å². The molecule has 0 spiro atoms. The first-order valence-electron chi connectivity index (χ1n) is 8.25. The van der Waals surface area contributed by atoms with Crippen LogP contribution >= 0.6 is 11.6 Å². The standard InChI is InChI=1S/C19H18ClN3O5/c20-15-6-7-16(28-12-17(24)25)14(10-15)11-22-23-19(27)18(26)21-9-8-13-4-2-1-3-5-13/h1-7,10-11H,8-9,12H2,(H,21,26)(H,23,27)(H,24,25)/b22-11-. The van der Waals surface area contributed by atoms with Crippen LogP contribution in [0.2, 0.25) is 5.02 Å². The summed E-state index contributed by atoms with van der Waals surface area (Å²) in [4.78, 5) is 34.2. The van der Waals surface area contributed by atoms with Crippen molar-refractivity contribution in [1.82, 2.24) is 10.7 Å². The minimum absolute atomic E-state index is 0.220. The van der Waals surface area contributed by atoms with Crippen LogP contribution in [0.5, 0.6) is 5.75 Å². The number of hydrogen-bond donors (Lipinski definition) is 3. The minimum Gasteiger partial charge on any atom is -0.481 e. The number of benzene rings is 2. The molecule has 0 aliphatic rings. The second-order valence-electron chi connectivity index (χ2n) is 5.56. The van der Waals surface area contributed by atoms with Crippen LogP contribution in [-0.2, 0) is 20.8 Å². The largest absolute Gasteiger partial charge is 0.481 e. The highest BCUT2D eigenvalue weighted by Gasteiger charge is 2.12. The molecule has 0 fully saturated rings. The second-order valence-corrected chi connectivity index (χ2v) is 5.99. The average Bonchev–Trinajstić information content (AvgIpc) is 2.68. The summed E-state index contributed by atoms with van der Waals surface area (Å²) < 4.78 is 5.11. The molecule has 146 valence electrons. The van der Waals surface area contributed by atoms with Gasteiger partial charge in [-0.25, -0.2) is 10.2 Å². The summed E-state index contributed by atoms with van der Waals surface area (Å²) in [6, 6.07) is 14.0. The molecule has 2 aromatic rings. The molecule has 0 aliphatic carbocycles. The molecule has 0 atom stereocenters. The van der Waals surface area contributed by atoms with Gasteiger partial charge in [0.2, 0.25) is 0 Å².